The summed E-state index contributed by atoms with van der Waals surface area (Å²) in [6.45, 7) is 1.89. The molecule has 3 nitrogen and oxygen atoms in total. The van der Waals surface area contributed by atoms with E-state index in [0.29, 0.717) is 23.2 Å². The van der Waals surface area contributed by atoms with Crippen LogP contribution in [0, 0.1) is 0 Å². The predicted molar refractivity (Wildman–Crippen MR) is 96.5 cm³/mol. The third-order valence-corrected chi connectivity index (χ3v) is 4.13. The van der Waals surface area contributed by atoms with Crippen molar-refractivity contribution in [2.45, 2.75) is 19.7 Å². The van der Waals surface area contributed by atoms with E-state index in [-0.39, 0.29) is 0 Å². The van der Waals surface area contributed by atoms with Crippen LogP contribution in [0.25, 0.3) is 0 Å². The van der Waals surface area contributed by atoms with Gasteiger partial charge in [-0.15, -0.1) is 0 Å². The van der Waals surface area contributed by atoms with Crippen LogP contribution >= 0.6 is 23.2 Å². The summed E-state index contributed by atoms with van der Waals surface area (Å²) in [5.74, 6) is 1.73. The topological polar surface area (TPSA) is 34.4 Å². The van der Waals surface area contributed by atoms with Crippen molar-refractivity contribution in [1.29, 1.82) is 0 Å². The normalized spacial score (nSPS) is 10.8. The summed E-state index contributed by atoms with van der Waals surface area (Å²) in [7, 11) is 0. The summed E-state index contributed by atoms with van der Waals surface area (Å²) < 4.78 is 11.0. The Morgan fingerprint density at radius 1 is 0.958 bits per heavy atom. The molecule has 0 radical (unpaired) electrons. The van der Waals surface area contributed by atoms with Crippen LogP contribution in [0.5, 0.6) is 5.75 Å². The zero-order valence-electron chi connectivity index (χ0n) is 13.0. The Kier molecular flexibility index (Phi) is 5.81. The van der Waals surface area contributed by atoms with Gasteiger partial charge in [-0.05, 0) is 42.0 Å². The molecule has 0 atom stereocenters. The van der Waals surface area contributed by atoms with Crippen LogP contribution in [-0.2, 0) is 19.7 Å². The lowest BCUT2D eigenvalue weighted by Crippen LogP contribution is -2.11. The molecular weight excluding hydrogens is 345 g/mol. The molecule has 5 heteroatoms. The van der Waals surface area contributed by atoms with E-state index in [1.54, 1.807) is 18.4 Å². The average Bonchev–Trinajstić information content (AvgIpc) is 3.09. The first kappa shape index (κ1) is 16.9. The van der Waals surface area contributed by atoms with E-state index in [4.69, 9.17) is 32.4 Å². The first-order valence-corrected chi connectivity index (χ1v) is 8.35. The van der Waals surface area contributed by atoms with Gasteiger partial charge in [0.15, 0.2) is 0 Å². The summed E-state index contributed by atoms with van der Waals surface area (Å²) in [6.07, 6.45) is 1.68. The molecule has 24 heavy (non-hydrogen) atoms. The number of halogens is 2. The summed E-state index contributed by atoms with van der Waals surface area (Å²) in [5.41, 5.74) is 2.09. The van der Waals surface area contributed by atoms with Gasteiger partial charge in [0.2, 0.25) is 0 Å². The Hall–Kier alpha value is -1.94. The molecule has 0 unspecified atom stereocenters. The number of benzene rings is 2. The molecule has 0 aliphatic heterocycles. The lowest BCUT2D eigenvalue weighted by atomic mass is 10.2. The van der Waals surface area contributed by atoms with E-state index in [0.717, 1.165) is 23.6 Å². The highest BCUT2D eigenvalue weighted by atomic mass is 35.5. The summed E-state index contributed by atoms with van der Waals surface area (Å²) in [4.78, 5) is 0. The minimum atomic E-state index is 0.409. The van der Waals surface area contributed by atoms with Crippen molar-refractivity contribution in [3.8, 4) is 5.75 Å². The average molecular weight is 362 g/mol. The number of furan rings is 1. The molecule has 1 aromatic heterocycles. The molecule has 0 amide bonds. The van der Waals surface area contributed by atoms with E-state index in [1.807, 2.05) is 42.5 Å². The van der Waals surface area contributed by atoms with Crippen molar-refractivity contribution >= 4 is 23.2 Å². The quantitative estimate of drug-likeness (QED) is 0.606. The molecule has 2 aromatic carbocycles. The first-order chi connectivity index (χ1) is 11.7. The predicted octanol–water partition coefficient (Wildman–Crippen LogP) is 5.46. The molecule has 1 heterocycles. The van der Waals surface area contributed by atoms with Crippen LogP contribution in [0.2, 0.25) is 10.0 Å². The molecule has 0 aliphatic rings. The van der Waals surface area contributed by atoms with Crippen molar-refractivity contribution in [3.05, 3.63) is 87.8 Å². The number of rotatable bonds is 7. The zero-order chi connectivity index (χ0) is 16.8. The van der Waals surface area contributed by atoms with E-state index in [9.17, 15) is 0 Å². The minimum Gasteiger partial charge on any atom is -0.489 e. The van der Waals surface area contributed by atoms with E-state index >= 15 is 0 Å². The van der Waals surface area contributed by atoms with Gasteiger partial charge >= 0.3 is 0 Å². The molecule has 0 bridgehead atoms. The highest BCUT2D eigenvalue weighted by Gasteiger charge is 2.03. The monoisotopic (exact) mass is 361 g/mol. The Bertz CT molecular complexity index is 771. The van der Waals surface area contributed by atoms with Crippen LogP contribution in [0.4, 0.5) is 0 Å². The maximum Gasteiger partial charge on any atom is 0.119 e. The summed E-state index contributed by atoms with van der Waals surface area (Å²) >= 11 is 12.0. The summed E-state index contributed by atoms with van der Waals surface area (Å²) in [6, 6.07) is 17.2. The molecular formula is C19H17Cl2NO2. The van der Waals surface area contributed by atoms with Crippen molar-refractivity contribution in [2.24, 2.45) is 0 Å². The zero-order valence-corrected chi connectivity index (χ0v) is 14.5. The second kappa shape index (κ2) is 8.25. The molecule has 0 spiro atoms. The molecule has 3 rings (SSSR count). The minimum absolute atomic E-state index is 0.409. The van der Waals surface area contributed by atoms with Gasteiger partial charge in [-0.3, -0.25) is 0 Å². The van der Waals surface area contributed by atoms with Gasteiger partial charge in [0, 0.05) is 22.2 Å². The second-order valence-corrected chi connectivity index (χ2v) is 6.19. The molecule has 124 valence electrons. The van der Waals surface area contributed by atoms with Gasteiger partial charge < -0.3 is 14.5 Å². The van der Waals surface area contributed by atoms with Gasteiger partial charge in [0.25, 0.3) is 0 Å². The van der Waals surface area contributed by atoms with Gasteiger partial charge in [-0.1, -0.05) is 41.4 Å². The largest absolute Gasteiger partial charge is 0.489 e. The third-order valence-electron chi connectivity index (χ3n) is 3.54. The van der Waals surface area contributed by atoms with E-state index < -0.39 is 0 Å². The fourth-order valence-electron chi connectivity index (χ4n) is 2.25. The van der Waals surface area contributed by atoms with Crippen molar-refractivity contribution in [1.82, 2.24) is 5.32 Å². The van der Waals surface area contributed by atoms with Crippen molar-refractivity contribution in [2.75, 3.05) is 0 Å². The Labute approximate surface area is 151 Å². The van der Waals surface area contributed by atoms with Crippen molar-refractivity contribution in [3.63, 3.8) is 0 Å². The van der Waals surface area contributed by atoms with E-state index in [1.165, 1.54) is 5.56 Å². The van der Waals surface area contributed by atoms with Crippen molar-refractivity contribution < 1.29 is 9.15 Å². The Morgan fingerprint density at radius 3 is 2.50 bits per heavy atom. The number of hydrogen-bond acceptors (Lipinski definition) is 3. The second-order valence-electron chi connectivity index (χ2n) is 5.35. The summed E-state index contributed by atoms with van der Waals surface area (Å²) in [5, 5.41) is 4.56. The van der Waals surface area contributed by atoms with Crippen LogP contribution in [0.3, 0.4) is 0 Å². The highest BCUT2D eigenvalue weighted by molar-refractivity contribution is 6.35. The number of hydrogen-bond donors (Lipinski definition) is 1. The van der Waals surface area contributed by atoms with Crippen LogP contribution in [0.15, 0.2) is 65.3 Å². The molecule has 0 aliphatic carbocycles. The number of nitrogens with one attached hydrogen (secondary N) is 1. The molecule has 0 fully saturated rings. The number of ether oxygens (including phenoxy) is 1. The maximum absolute atomic E-state index is 6.14. The Morgan fingerprint density at radius 2 is 1.79 bits per heavy atom. The van der Waals surface area contributed by atoms with Gasteiger partial charge in [0.05, 0.1) is 12.8 Å². The standard InChI is InChI=1S/C19H17Cl2NO2/c20-16-6-5-15(19(21)10-16)13-24-17-7-3-14(4-8-17)11-22-12-18-2-1-9-23-18/h1-10,22H,11-13H2. The van der Waals surface area contributed by atoms with Crippen LogP contribution in [0.1, 0.15) is 16.9 Å². The third kappa shape index (κ3) is 4.78. The van der Waals surface area contributed by atoms with Gasteiger partial charge in [-0.25, -0.2) is 0 Å². The lowest BCUT2D eigenvalue weighted by Gasteiger charge is -2.09. The van der Waals surface area contributed by atoms with Crippen LogP contribution in [-0.4, -0.2) is 0 Å². The SMILES string of the molecule is Clc1ccc(COc2ccc(CNCc3ccco3)cc2)c(Cl)c1. The fraction of sp³-hybridized carbons (Fsp3) is 0.158. The molecule has 1 N–H and O–H groups in total. The van der Waals surface area contributed by atoms with Gasteiger partial charge in [0.1, 0.15) is 18.1 Å². The smallest absolute Gasteiger partial charge is 0.119 e. The first-order valence-electron chi connectivity index (χ1n) is 7.59. The fourth-order valence-corrected chi connectivity index (χ4v) is 2.71. The maximum atomic E-state index is 6.14. The molecule has 0 saturated carbocycles. The molecule has 3 aromatic rings. The highest BCUT2D eigenvalue weighted by Crippen LogP contribution is 2.22. The van der Waals surface area contributed by atoms with Gasteiger partial charge in [-0.2, -0.15) is 0 Å². The van der Waals surface area contributed by atoms with E-state index in [2.05, 4.69) is 5.32 Å². The lowest BCUT2D eigenvalue weighted by molar-refractivity contribution is 0.306. The molecule has 0 saturated heterocycles. The van der Waals surface area contributed by atoms with Crippen LogP contribution < -0.4 is 10.1 Å². The Balaban J connectivity index is 1.49.